The molecule has 0 radical (unpaired) electrons. The van der Waals surface area contributed by atoms with Crippen molar-refractivity contribution in [3.8, 4) is 0 Å². The van der Waals surface area contributed by atoms with Crippen LogP contribution >= 0.6 is 34.5 Å². The van der Waals surface area contributed by atoms with E-state index in [-0.39, 0.29) is 18.5 Å². The van der Waals surface area contributed by atoms with Gasteiger partial charge in [0.25, 0.3) is 0 Å². The highest BCUT2D eigenvalue weighted by Crippen LogP contribution is 2.34. The predicted octanol–water partition coefficient (Wildman–Crippen LogP) is 4.28. The monoisotopic (exact) mass is 369 g/mol. The first kappa shape index (κ1) is 16.8. The van der Waals surface area contributed by atoms with Crippen molar-refractivity contribution < 1.29 is 9.53 Å². The number of carbonyl (C=O) groups excluding carboxylic acids is 1. The molecule has 1 atom stereocenters. The second-order valence-electron chi connectivity index (χ2n) is 5.37. The summed E-state index contributed by atoms with van der Waals surface area (Å²) in [5.41, 5.74) is 2.07. The Kier molecular flexibility index (Phi) is 5.59. The number of halogens is 2. The lowest BCUT2D eigenvalue weighted by molar-refractivity contribution is -0.150. The standard InChI is InChI=1S/C17H17Cl2NO2S/c18-7-9-22-17(21)16(13-3-1-2-4-14(13)19)20-8-5-15-12(11-20)6-10-23-15/h1-4,6,10,16H,5,7-9,11H2. The first-order valence-corrected chi connectivity index (χ1v) is 9.26. The molecule has 0 saturated carbocycles. The van der Waals surface area contributed by atoms with E-state index in [9.17, 15) is 4.79 Å². The predicted molar refractivity (Wildman–Crippen MR) is 94.3 cm³/mol. The maximum Gasteiger partial charge on any atom is 0.328 e. The lowest BCUT2D eigenvalue weighted by atomic mass is 10.0. The number of hydrogen-bond acceptors (Lipinski definition) is 4. The zero-order valence-corrected chi connectivity index (χ0v) is 14.8. The Balaban J connectivity index is 1.89. The van der Waals surface area contributed by atoms with Gasteiger partial charge in [-0.1, -0.05) is 29.8 Å². The van der Waals surface area contributed by atoms with E-state index in [1.165, 1.54) is 10.4 Å². The minimum atomic E-state index is -0.500. The van der Waals surface area contributed by atoms with Crippen LogP contribution in [0.5, 0.6) is 0 Å². The fourth-order valence-corrected chi connectivity index (χ4v) is 4.08. The number of rotatable bonds is 5. The number of benzene rings is 1. The van der Waals surface area contributed by atoms with Gasteiger partial charge in [-0.05, 0) is 35.1 Å². The number of esters is 1. The van der Waals surface area contributed by atoms with E-state index in [1.807, 2.05) is 18.2 Å². The number of ether oxygens (including phenoxy) is 1. The molecule has 0 N–H and O–H groups in total. The SMILES string of the molecule is O=C(OCCCl)C(c1ccccc1Cl)N1CCc2sccc2C1. The molecule has 1 aromatic carbocycles. The van der Waals surface area contributed by atoms with Crippen molar-refractivity contribution in [2.75, 3.05) is 19.0 Å². The minimum absolute atomic E-state index is 0.207. The van der Waals surface area contributed by atoms with Crippen LogP contribution in [0, 0.1) is 0 Å². The van der Waals surface area contributed by atoms with Crippen LogP contribution in [0.15, 0.2) is 35.7 Å². The van der Waals surface area contributed by atoms with Gasteiger partial charge >= 0.3 is 5.97 Å². The molecule has 3 nitrogen and oxygen atoms in total. The van der Waals surface area contributed by atoms with Crippen molar-refractivity contribution in [1.29, 1.82) is 0 Å². The second-order valence-corrected chi connectivity index (χ2v) is 7.16. The number of fused-ring (bicyclic) bond motifs is 1. The summed E-state index contributed by atoms with van der Waals surface area (Å²) in [5, 5.41) is 2.68. The molecule has 1 aromatic heterocycles. The number of thiophene rings is 1. The van der Waals surface area contributed by atoms with Crippen LogP contribution in [0.2, 0.25) is 5.02 Å². The summed E-state index contributed by atoms with van der Waals surface area (Å²) in [7, 11) is 0. The van der Waals surface area contributed by atoms with E-state index in [0.29, 0.717) is 5.02 Å². The molecule has 2 heterocycles. The second kappa shape index (κ2) is 7.67. The number of carbonyl (C=O) groups is 1. The van der Waals surface area contributed by atoms with E-state index in [0.717, 1.165) is 25.1 Å². The maximum atomic E-state index is 12.6. The van der Waals surface area contributed by atoms with E-state index >= 15 is 0 Å². The Morgan fingerprint density at radius 3 is 2.96 bits per heavy atom. The molecule has 0 spiro atoms. The van der Waals surface area contributed by atoms with Crippen molar-refractivity contribution in [2.45, 2.75) is 19.0 Å². The molecule has 0 amide bonds. The Bertz CT molecular complexity index is 689. The average Bonchev–Trinajstić information content (AvgIpc) is 3.02. The largest absolute Gasteiger partial charge is 0.463 e. The summed E-state index contributed by atoms with van der Waals surface area (Å²) in [5.74, 6) is -0.00669. The molecule has 6 heteroatoms. The van der Waals surface area contributed by atoms with Gasteiger partial charge in [-0.15, -0.1) is 22.9 Å². The summed E-state index contributed by atoms with van der Waals surface area (Å²) in [6, 6.07) is 9.07. The Hall–Kier alpha value is -1.07. The zero-order chi connectivity index (χ0) is 16.2. The fourth-order valence-electron chi connectivity index (χ4n) is 2.88. The molecule has 2 aromatic rings. The van der Waals surface area contributed by atoms with Gasteiger partial charge in [-0.2, -0.15) is 0 Å². The summed E-state index contributed by atoms with van der Waals surface area (Å²) in [6.07, 6.45) is 0.941. The van der Waals surface area contributed by atoms with Crippen LogP contribution in [0.3, 0.4) is 0 Å². The minimum Gasteiger partial charge on any atom is -0.463 e. The van der Waals surface area contributed by atoms with Crippen LogP contribution in [-0.2, 0) is 22.5 Å². The molecule has 1 unspecified atom stereocenters. The molecular weight excluding hydrogens is 353 g/mol. The van der Waals surface area contributed by atoms with Gasteiger partial charge in [0.2, 0.25) is 0 Å². The third-order valence-electron chi connectivity index (χ3n) is 3.95. The maximum absolute atomic E-state index is 12.6. The van der Waals surface area contributed by atoms with Crippen LogP contribution in [0.1, 0.15) is 22.0 Å². The Labute approximate surface area is 149 Å². The molecule has 1 aliphatic heterocycles. The Morgan fingerprint density at radius 1 is 1.35 bits per heavy atom. The molecule has 0 bridgehead atoms. The normalized spacial score (nSPS) is 15.9. The molecule has 1 aliphatic rings. The van der Waals surface area contributed by atoms with Gasteiger partial charge in [-0.3, -0.25) is 4.90 Å². The molecule has 0 saturated heterocycles. The lowest BCUT2D eigenvalue weighted by Gasteiger charge is -2.33. The van der Waals surface area contributed by atoms with Gasteiger partial charge in [0, 0.05) is 23.0 Å². The van der Waals surface area contributed by atoms with Crippen LogP contribution < -0.4 is 0 Å². The van der Waals surface area contributed by atoms with Gasteiger partial charge in [0.05, 0.1) is 5.88 Å². The summed E-state index contributed by atoms with van der Waals surface area (Å²) >= 11 is 13.8. The van der Waals surface area contributed by atoms with Gasteiger partial charge in [-0.25, -0.2) is 4.79 Å². The quantitative estimate of drug-likeness (QED) is 0.581. The zero-order valence-electron chi connectivity index (χ0n) is 12.5. The summed E-state index contributed by atoms with van der Waals surface area (Å²) < 4.78 is 5.32. The van der Waals surface area contributed by atoms with Crippen molar-refractivity contribution in [3.05, 3.63) is 56.7 Å². The van der Waals surface area contributed by atoms with E-state index in [4.69, 9.17) is 27.9 Å². The topological polar surface area (TPSA) is 29.5 Å². The van der Waals surface area contributed by atoms with Crippen molar-refractivity contribution >= 4 is 40.5 Å². The highest BCUT2D eigenvalue weighted by molar-refractivity contribution is 7.10. The molecule has 3 rings (SSSR count). The van der Waals surface area contributed by atoms with Gasteiger partial charge in [0.1, 0.15) is 12.6 Å². The number of nitrogens with zero attached hydrogens (tertiary/aromatic N) is 1. The van der Waals surface area contributed by atoms with Crippen LogP contribution in [0.4, 0.5) is 0 Å². The summed E-state index contributed by atoms with van der Waals surface area (Å²) in [4.78, 5) is 16.2. The van der Waals surface area contributed by atoms with Gasteiger partial charge < -0.3 is 4.74 Å². The summed E-state index contributed by atoms with van der Waals surface area (Å²) in [6.45, 7) is 1.74. The van der Waals surface area contributed by atoms with Crippen LogP contribution in [-0.4, -0.2) is 29.9 Å². The fraction of sp³-hybridized carbons (Fsp3) is 0.353. The highest BCUT2D eigenvalue weighted by Gasteiger charge is 2.33. The Morgan fingerprint density at radius 2 is 2.17 bits per heavy atom. The molecule has 0 aliphatic carbocycles. The van der Waals surface area contributed by atoms with E-state index in [2.05, 4.69) is 16.3 Å². The third kappa shape index (κ3) is 3.72. The first-order valence-electron chi connectivity index (χ1n) is 7.47. The number of hydrogen-bond donors (Lipinski definition) is 0. The highest BCUT2D eigenvalue weighted by atomic mass is 35.5. The smallest absolute Gasteiger partial charge is 0.328 e. The van der Waals surface area contributed by atoms with Crippen molar-refractivity contribution in [2.24, 2.45) is 0 Å². The molecule has 0 fully saturated rings. The number of alkyl halides is 1. The molecule has 122 valence electrons. The van der Waals surface area contributed by atoms with Crippen molar-refractivity contribution in [3.63, 3.8) is 0 Å². The average molecular weight is 370 g/mol. The lowest BCUT2D eigenvalue weighted by Crippen LogP contribution is -2.38. The van der Waals surface area contributed by atoms with Crippen molar-refractivity contribution in [1.82, 2.24) is 4.90 Å². The van der Waals surface area contributed by atoms with E-state index in [1.54, 1.807) is 17.4 Å². The van der Waals surface area contributed by atoms with Crippen LogP contribution in [0.25, 0.3) is 0 Å². The molecule has 23 heavy (non-hydrogen) atoms. The molecular formula is C17H17Cl2NO2S. The van der Waals surface area contributed by atoms with E-state index < -0.39 is 6.04 Å². The van der Waals surface area contributed by atoms with Gasteiger partial charge in [0.15, 0.2) is 0 Å². The first-order chi connectivity index (χ1) is 11.2. The third-order valence-corrected chi connectivity index (χ3v) is 5.47.